The van der Waals surface area contributed by atoms with Crippen LogP contribution in [-0.4, -0.2) is 0 Å². The molecule has 0 unspecified atom stereocenters. The molecule has 24 heavy (non-hydrogen) atoms. The summed E-state index contributed by atoms with van der Waals surface area (Å²) in [6.45, 7) is 11.2. The minimum atomic E-state index is 1.19. The fourth-order valence-electron chi connectivity index (χ4n) is 3.38. The van der Waals surface area contributed by atoms with Crippen molar-refractivity contribution in [3.63, 3.8) is 0 Å². The molecule has 0 aromatic heterocycles. The Morgan fingerprint density at radius 3 is 1.17 bits per heavy atom. The number of hydrogen-bond acceptors (Lipinski definition) is 1. The fourth-order valence-corrected chi connectivity index (χ4v) is 3.38. The van der Waals surface area contributed by atoms with E-state index in [9.17, 15) is 0 Å². The third-order valence-corrected chi connectivity index (χ3v) is 5.21. The van der Waals surface area contributed by atoms with Crippen LogP contribution in [0.5, 0.6) is 0 Å². The van der Waals surface area contributed by atoms with Gasteiger partial charge in [-0.25, -0.2) is 0 Å². The summed E-state index contributed by atoms with van der Waals surface area (Å²) in [7, 11) is 0. The van der Waals surface area contributed by atoms with Gasteiger partial charge in [0, 0.05) is 11.4 Å². The van der Waals surface area contributed by atoms with Crippen LogP contribution in [0.1, 0.15) is 27.8 Å². The average Bonchev–Trinajstić information content (AvgIpc) is 2.63. The summed E-state index contributed by atoms with van der Waals surface area (Å²) in [6.07, 6.45) is 0. The van der Waals surface area contributed by atoms with Crippen molar-refractivity contribution in [2.75, 3.05) is 4.90 Å². The summed E-state index contributed by atoms with van der Waals surface area (Å²) < 4.78 is 0. The normalized spacial score (nSPS) is 10.7. The number of para-hydroxylation sites is 2. The molecule has 3 aromatic rings. The van der Waals surface area contributed by atoms with Crippen molar-refractivity contribution in [3.8, 4) is 0 Å². The van der Waals surface area contributed by atoms with Crippen molar-refractivity contribution in [3.05, 3.63) is 88.5 Å². The number of anilines is 3. The van der Waals surface area contributed by atoms with Crippen LogP contribution in [0.3, 0.4) is 0 Å². The van der Waals surface area contributed by atoms with Gasteiger partial charge in [-0.2, -0.15) is 0 Å². The van der Waals surface area contributed by atoms with Crippen LogP contribution in [0.4, 0.5) is 17.1 Å². The van der Waals surface area contributed by atoms with Crippen LogP contribution >= 0.6 is 0 Å². The molecule has 0 amide bonds. The topological polar surface area (TPSA) is 3.24 Å². The van der Waals surface area contributed by atoms with Gasteiger partial charge >= 0.3 is 0 Å². The quantitative estimate of drug-likeness (QED) is 0.520. The van der Waals surface area contributed by atoms with E-state index in [4.69, 9.17) is 0 Å². The van der Waals surface area contributed by atoms with E-state index >= 15 is 0 Å². The van der Waals surface area contributed by atoms with E-state index in [2.05, 4.69) is 100 Å². The maximum absolute atomic E-state index is 2.38. The zero-order chi connectivity index (χ0) is 17.3. The molecule has 0 spiro atoms. The second kappa shape index (κ2) is 6.52. The molecule has 3 rings (SSSR count). The Labute approximate surface area is 145 Å². The summed E-state index contributed by atoms with van der Waals surface area (Å²) in [5, 5.41) is 0. The van der Waals surface area contributed by atoms with E-state index in [1.54, 1.807) is 0 Å². The van der Waals surface area contributed by atoms with Crippen molar-refractivity contribution in [2.45, 2.75) is 34.6 Å². The van der Waals surface area contributed by atoms with Gasteiger partial charge in [-0.15, -0.1) is 0 Å². The predicted molar refractivity (Wildman–Crippen MR) is 105 cm³/mol. The highest BCUT2D eigenvalue weighted by Gasteiger charge is 2.20. The molecule has 0 aliphatic heterocycles. The molecule has 0 heterocycles. The summed E-state index contributed by atoms with van der Waals surface area (Å²) >= 11 is 0. The van der Waals surface area contributed by atoms with Crippen LogP contribution in [0.15, 0.2) is 60.7 Å². The Balaban J connectivity index is 2.33. The predicted octanol–water partition coefficient (Wildman–Crippen LogP) is 6.70. The summed E-state index contributed by atoms with van der Waals surface area (Å²) in [4.78, 5) is 2.38. The van der Waals surface area contributed by atoms with Crippen molar-refractivity contribution in [1.29, 1.82) is 0 Å². The number of hydrogen-bond donors (Lipinski definition) is 0. The molecule has 3 aromatic carbocycles. The highest BCUT2D eigenvalue weighted by atomic mass is 15.1. The molecule has 0 bridgehead atoms. The van der Waals surface area contributed by atoms with Crippen LogP contribution in [-0.2, 0) is 0 Å². The SMILES string of the molecule is Cc1c(C)c(C)c(N(c2ccccc2)c2ccccc2)c(C)c1C. The molecule has 0 saturated heterocycles. The fraction of sp³-hybridized carbons (Fsp3) is 0.217. The lowest BCUT2D eigenvalue weighted by Crippen LogP contribution is -2.15. The van der Waals surface area contributed by atoms with Gasteiger partial charge in [0.15, 0.2) is 0 Å². The highest BCUT2D eigenvalue weighted by Crippen LogP contribution is 2.41. The Kier molecular flexibility index (Phi) is 4.44. The molecule has 0 atom stereocenters. The summed E-state index contributed by atoms with van der Waals surface area (Å²) in [5.41, 5.74) is 10.5. The largest absolute Gasteiger partial charge is 0.310 e. The number of benzene rings is 3. The van der Waals surface area contributed by atoms with Crippen LogP contribution < -0.4 is 4.90 Å². The first-order chi connectivity index (χ1) is 11.5. The Morgan fingerprint density at radius 1 is 0.458 bits per heavy atom. The molecule has 0 saturated carbocycles. The third kappa shape index (κ3) is 2.71. The second-order valence-corrected chi connectivity index (χ2v) is 6.48. The molecule has 1 nitrogen and oxygen atoms in total. The van der Waals surface area contributed by atoms with Gasteiger partial charge in [-0.1, -0.05) is 36.4 Å². The van der Waals surface area contributed by atoms with Gasteiger partial charge in [0.2, 0.25) is 0 Å². The molecule has 0 radical (unpaired) electrons. The average molecular weight is 315 g/mol. The molecule has 0 fully saturated rings. The molecular formula is C23H25N. The first-order valence-corrected chi connectivity index (χ1v) is 8.49. The lowest BCUT2D eigenvalue weighted by molar-refractivity contribution is 1.13. The minimum Gasteiger partial charge on any atom is -0.310 e. The van der Waals surface area contributed by atoms with E-state index in [0.29, 0.717) is 0 Å². The van der Waals surface area contributed by atoms with Gasteiger partial charge < -0.3 is 4.90 Å². The first-order valence-electron chi connectivity index (χ1n) is 8.49. The van der Waals surface area contributed by atoms with Crippen molar-refractivity contribution in [1.82, 2.24) is 0 Å². The van der Waals surface area contributed by atoms with Crippen molar-refractivity contribution >= 4 is 17.1 Å². The lowest BCUT2D eigenvalue weighted by Gasteiger charge is -2.31. The van der Waals surface area contributed by atoms with Gasteiger partial charge in [0.25, 0.3) is 0 Å². The molecule has 122 valence electrons. The van der Waals surface area contributed by atoms with E-state index < -0.39 is 0 Å². The highest BCUT2D eigenvalue weighted by molar-refractivity contribution is 5.82. The second-order valence-electron chi connectivity index (χ2n) is 6.48. The van der Waals surface area contributed by atoms with E-state index in [0.717, 1.165) is 0 Å². The molecule has 1 heteroatoms. The van der Waals surface area contributed by atoms with Gasteiger partial charge in [0.05, 0.1) is 5.69 Å². The maximum atomic E-state index is 2.38. The third-order valence-electron chi connectivity index (χ3n) is 5.21. The van der Waals surface area contributed by atoms with Gasteiger partial charge in [-0.3, -0.25) is 0 Å². The smallest absolute Gasteiger partial charge is 0.0525 e. The van der Waals surface area contributed by atoms with Gasteiger partial charge in [-0.05, 0) is 86.7 Å². The van der Waals surface area contributed by atoms with Crippen LogP contribution in [0.25, 0.3) is 0 Å². The zero-order valence-electron chi connectivity index (χ0n) is 15.2. The monoisotopic (exact) mass is 315 g/mol. The van der Waals surface area contributed by atoms with E-state index in [-0.39, 0.29) is 0 Å². The molecule has 0 aliphatic carbocycles. The molecule has 0 aliphatic rings. The number of rotatable bonds is 3. The zero-order valence-corrected chi connectivity index (χ0v) is 15.2. The standard InChI is InChI=1S/C23H25N/c1-16-17(2)19(4)23(20(5)18(16)3)24(21-12-8-6-9-13-21)22-14-10-7-11-15-22/h6-15H,1-5H3. The van der Waals surface area contributed by atoms with Crippen molar-refractivity contribution < 1.29 is 0 Å². The summed E-state index contributed by atoms with van der Waals surface area (Å²) in [5.74, 6) is 0. The van der Waals surface area contributed by atoms with Gasteiger partial charge in [0.1, 0.15) is 0 Å². The maximum Gasteiger partial charge on any atom is 0.0525 e. The lowest BCUT2D eigenvalue weighted by atomic mass is 9.92. The summed E-state index contributed by atoms with van der Waals surface area (Å²) in [6, 6.07) is 21.2. The first kappa shape index (κ1) is 16.3. The van der Waals surface area contributed by atoms with E-state index in [1.165, 1.54) is 44.9 Å². The van der Waals surface area contributed by atoms with Crippen LogP contribution in [0, 0.1) is 34.6 Å². The Morgan fingerprint density at radius 2 is 0.792 bits per heavy atom. The Hall–Kier alpha value is -2.54. The minimum absolute atomic E-state index is 1.19. The van der Waals surface area contributed by atoms with E-state index in [1.807, 2.05) is 0 Å². The van der Waals surface area contributed by atoms with Crippen LogP contribution in [0.2, 0.25) is 0 Å². The molecular weight excluding hydrogens is 290 g/mol. The Bertz CT molecular complexity index is 780. The number of nitrogens with zero attached hydrogens (tertiary/aromatic N) is 1. The molecule has 0 N–H and O–H groups in total. The van der Waals surface area contributed by atoms with Crippen molar-refractivity contribution in [2.24, 2.45) is 0 Å².